The lowest BCUT2D eigenvalue weighted by atomic mass is 9.82. The standard InChI is InChI=1S/C17H14BrN3O3/c18-13-8-19-15-16(20-13)23-9-10-7-17(5-6-21(10)15)14(22)11-3-1-2-4-12(11)24-17/h1-4,8,10H,5-7,9H2/t10-,17?/m1/s1. The molecule has 0 radical (unpaired) electrons. The van der Waals surface area contributed by atoms with Gasteiger partial charge in [-0.2, -0.15) is 0 Å². The first-order valence-electron chi connectivity index (χ1n) is 7.91. The summed E-state index contributed by atoms with van der Waals surface area (Å²) in [4.78, 5) is 23.9. The molecule has 0 N–H and O–H groups in total. The van der Waals surface area contributed by atoms with Crippen molar-refractivity contribution in [2.75, 3.05) is 18.1 Å². The lowest BCUT2D eigenvalue weighted by molar-refractivity contribution is 0.0324. The number of hydrogen-bond acceptors (Lipinski definition) is 6. The van der Waals surface area contributed by atoms with Crippen LogP contribution in [0.2, 0.25) is 0 Å². The zero-order valence-corrected chi connectivity index (χ0v) is 14.3. The van der Waals surface area contributed by atoms with E-state index in [4.69, 9.17) is 9.47 Å². The van der Waals surface area contributed by atoms with Crippen LogP contribution in [0, 0.1) is 0 Å². The molecular formula is C17H14BrN3O3. The van der Waals surface area contributed by atoms with Gasteiger partial charge in [0.25, 0.3) is 5.88 Å². The monoisotopic (exact) mass is 387 g/mol. The molecule has 24 heavy (non-hydrogen) atoms. The normalized spacial score (nSPS) is 27.1. The number of nitrogens with zero attached hydrogens (tertiary/aromatic N) is 3. The summed E-state index contributed by atoms with van der Waals surface area (Å²) in [7, 11) is 0. The van der Waals surface area contributed by atoms with E-state index in [9.17, 15) is 4.79 Å². The number of ketones is 1. The van der Waals surface area contributed by atoms with Gasteiger partial charge in [0, 0.05) is 19.4 Å². The summed E-state index contributed by atoms with van der Waals surface area (Å²) >= 11 is 3.31. The molecule has 122 valence electrons. The molecule has 3 aliphatic heterocycles. The fraction of sp³-hybridized carbons (Fsp3) is 0.353. The summed E-state index contributed by atoms with van der Waals surface area (Å²) in [5.41, 5.74) is -0.0825. The van der Waals surface area contributed by atoms with Crippen molar-refractivity contribution in [1.29, 1.82) is 0 Å². The Balaban J connectivity index is 1.47. The quantitative estimate of drug-likeness (QED) is 0.692. The van der Waals surface area contributed by atoms with Gasteiger partial charge in [0.2, 0.25) is 5.78 Å². The van der Waals surface area contributed by atoms with E-state index < -0.39 is 5.60 Å². The Kier molecular flexibility index (Phi) is 2.92. The van der Waals surface area contributed by atoms with Crippen molar-refractivity contribution in [2.24, 2.45) is 0 Å². The molecule has 2 aromatic rings. The van der Waals surface area contributed by atoms with Gasteiger partial charge in [-0.05, 0) is 28.1 Å². The van der Waals surface area contributed by atoms with Gasteiger partial charge < -0.3 is 14.4 Å². The van der Waals surface area contributed by atoms with E-state index in [2.05, 4.69) is 30.8 Å². The molecule has 1 unspecified atom stereocenters. The average molecular weight is 388 g/mol. The van der Waals surface area contributed by atoms with E-state index in [0.29, 0.717) is 47.8 Å². The molecule has 1 fully saturated rings. The van der Waals surface area contributed by atoms with Gasteiger partial charge in [0.15, 0.2) is 11.4 Å². The lowest BCUT2D eigenvalue weighted by Gasteiger charge is -2.45. The van der Waals surface area contributed by atoms with Crippen molar-refractivity contribution >= 4 is 27.5 Å². The first-order chi connectivity index (χ1) is 11.7. The Morgan fingerprint density at radius 1 is 1.33 bits per heavy atom. The molecule has 1 aromatic heterocycles. The van der Waals surface area contributed by atoms with Crippen LogP contribution in [0.1, 0.15) is 23.2 Å². The third-order valence-electron chi connectivity index (χ3n) is 4.99. The van der Waals surface area contributed by atoms with Crippen LogP contribution < -0.4 is 14.4 Å². The number of carbonyl (C=O) groups is 1. The molecule has 0 amide bonds. The molecular weight excluding hydrogens is 374 g/mol. The molecule has 4 heterocycles. The predicted octanol–water partition coefficient (Wildman–Crippen LogP) is 2.61. The number of anilines is 1. The SMILES string of the molecule is O=C1c2ccccc2OC12CCN1c3ncc(Br)nc3OC[C@H]1C2. The number of carbonyl (C=O) groups excluding carboxylic acids is 1. The maximum absolute atomic E-state index is 12.9. The molecule has 0 saturated carbocycles. The van der Waals surface area contributed by atoms with E-state index in [1.165, 1.54) is 0 Å². The summed E-state index contributed by atoms with van der Waals surface area (Å²) in [6.07, 6.45) is 2.90. The summed E-state index contributed by atoms with van der Waals surface area (Å²) < 4.78 is 12.6. The average Bonchev–Trinajstić information content (AvgIpc) is 2.86. The van der Waals surface area contributed by atoms with E-state index in [1.807, 2.05) is 24.3 Å². The Morgan fingerprint density at radius 2 is 2.21 bits per heavy atom. The molecule has 6 nitrogen and oxygen atoms in total. The van der Waals surface area contributed by atoms with Crippen molar-refractivity contribution in [2.45, 2.75) is 24.5 Å². The molecule has 5 rings (SSSR count). The number of benzene rings is 1. The molecule has 1 saturated heterocycles. The molecule has 3 aliphatic rings. The minimum absolute atomic E-state index is 0.0555. The number of Topliss-reactive ketones (excluding diaryl/α,β-unsaturated/α-hetero) is 1. The highest BCUT2D eigenvalue weighted by molar-refractivity contribution is 9.10. The fourth-order valence-electron chi connectivity index (χ4n) is 3.86. The van der Waals surface area contributed by atoms with Crippen LogP contribution in [0.5, 0.6) is 11.6 Å². The highest BCUT2D eigenvalue weighted by Crippen LogP contribution is 2.45. The third-order valence-corrected chi connectivity index (χ3v) is 5.37. The zero-order valence-electron chi connectivity index (χ0n) is 12.7. The van der Waals surface area contributed by atoms with Crippen LogP contribution in [0.15, 0.2) is 35.1 Å². The van der Waals surface area contributed by atoms with Crippen LogP contribution >= 0.6 is 15.9 Å². The van der Waals surface area contributed by atoms with E-state index in [-0.39, 0.29) is 11.8 Å². The fourth-order valence-corrected chi connectivity index (χ4v) is 4.13. The number of hydrogen-bond donors (Lipinski definition) is 0. The van der Waals surface area contributed by atoms with Crippen LogP contribution in [-0.2, 0) is 0 Å². The molecule has 1 spiro atoms. The summed E-state index contributed by atoms with van der Waals surface area (Å²) in [6.45, 7) is 1.17. The minimum atomic E-state index is -0.769. The first kappa shape index (κ1) is 14.2. The van der Waals surface area contributed by atoms with Crippen LogP contribution in [0.4, 0.5) is 5.82 Å². The van der Waals surface area contributed by atoms with Crippen LogP contribution in [0.3, 0.4) is 0 Å². The van der Waals surface area contributed by atoms with E-state index in [0.717, 1.165) is 5.82 Å². The van der Waals surface area contributed by atoms with E-state index in [1.54, 1.807) is 6.20 Å². The van der Waals surface area contributed by atoms with E-state index >= 15 is 0 Å². The Morgan fingerprint density at radius 3 is 3.08 bits per heavy atom. The Hall–Kier alpha value is -2.15. The number of para-hydroxylation sites is 1. The second-order valence-electron chi connectivity index (χ2n) is 6.36. The summed E-state index contributed by atoms with van der Waals surface area (Å²) in [5, 5.41) is 0. The van der Waals surface area contributed by atoms with Gasteiger partial charge in [-0.3, -0.25) is 4.79 Å². The number of piperidine rings is 1. The molecule has 0 aliphatic carbocycles. The first-order valence-corrected chi connectivity index (χ1v) is 8.70. The van der Waals surface area contributed by atoms with Crippen molar-refractivity contribution in [1.82, 2.24) is 9.97 Å². The van der Waals surface area contributed by atoms with Crippen molar-refractivity contribution in [3.05, 3.63) is 40.6 Å². The van der Waals surface area contributed by atoms with Gasteiger partial charge in [0.1, 0.15) is 17.0 Å². The highest BCUT2D eigenvalue weighted by Gasteiger charge is 2.53. The smallest absolute Gasteiger partial charge is 0.258 e. The third kappa shape index (κ3) is 1.90. The number of halogens is 1. The number of aromatic nitrogens is 2. The number of ether oxygens (including phenoxy) is 2. The lowest BCUT2D eigenvalue weighted by Crippen LogP contribution is -2.58. The zero-order chi connectivity index (χ0) is 16.3. The van der Waals surface area contributed by atoms with Crippen LogP contribution in [0.25, 0.3) is 0 Å². The molecule has 7 heteroatoms. The van der Waals surface area contributed by atoms with Gasteiger partial charge in [-0.15, -0.1) is 0 Å². The molecule has 2 atom stereocenters. The highest BCUT2D eigenvalue weighted by atomic mass is 79.9. The molecule has 0 bridgehead atoms. The molecule has 1 aromatic carbocycles. The summed E-state index contributed by atoms with van der Waals surface area (Å²) in [6, 6.07) is 7.54. The largest absolute Gasteiger partial charge is 0.478 e. The second-order valence-corrected chi connectivity index (χ2v) is 7.17. The maximum Gasteiger partial charge on any atom is 0.258 e. The van der Waals surface area contributed by atoms with Gasteiger partial charge >= 0.3 is 0 Å². The van der Waals surface area contributed by atoms with Gasteiger partial charge in [-0.25, -0.2) is 9.97 Å². The van der Waals surface area contributed by atoms with Gasteiger partial charge in [-0.1, -0.05) is 12.1 Å². The second kappa shape index (κ2) is 4.92. The number of rotatable bonds is 0. The predicted molar refractivity (Wildman–Crippen MR) is 89.7 cm³/mol. The van der Waals surface area contributed by atoms with Crippen molar-refractivity contribution in [3.8, 4) is 11.6 Å². The van der Waals surface area contributed by atoms with Crippen LogP contribution in [-0.4, -0.2) is 40.5 Å². The van der Waals surface area contributed by atoms with Crippen molar-refractivity contribution in [3.63, 3.8) is 0 Å². The number of fused-ring (bicyclic) bond motifs is 4. The Labute approximate surface area is 146 Å². The van der Waals surface area contributed by atoms with Crippen molar-refractivity contribution < 1.29 is 14.3 Å². The maximum atomic E-state index is 12.9. The Bertz CT molecular complexity index is 859. The summed E-state index contributed by atoms with van der Waals surface area (Å²) in [5.74, 6) is 2.06. The van der Waals surface area contributed by atoms with Gasteiger partial charge in [0.05, 0.1) is 17.8 Å². The minimum Gasteiger partial charge on any atom is -0.478 e. The topological polar surface area (TPSA) is 64.5 Å².